The average Bonchev–Trinajstić information content (AvgIpc) is 2.53. The molecule has 0 aromatic heterocycles. The van der Waals surface area contributed by atoms with Crippen molar-refractivity contribution in [2.45, 2.75) is 38.4 Å². The van der Waals surface area contributed by atoms with Crippen molar-refractivity contribution in [2.24, 2.45) is 0 Å². The average molecular weight is 174 g/mol. The van der Waals surface area contributed by atoms with E-state index >= 15 is 0 Å². The summed E-state index contributed by atoms with van der Waals surface area (Å²) in [7, 11) is 0. The number of hydrogen-bond donors (Lipinski definition) is 1. The van der Waals surface area contributed by atoms with Crippen LogP contribution in [0.2, 0.25) is 0 Å². The van der Waals surface area contributed by atoms with E-state index in [0.717, 1.165) is 25.9 Å². The van der Waals surface area contributed by atoms with E-state index in [0.29, 0.717) is 13.2 Å². The highest BCUT2D eigenvalue weighted by Gasteiger charge is 2.16. The van der Waals surface area contributed by atoms with Crippen LogP contribution in [0.1, 0.15) is 26.2 Å². The van der Waals surface area contributed by atoms with Crippen molar-refractivity contribution >= 4 is 0 Å². The van der Waals surface area contributed by atoms with Crippen LogP contribution in [-0.4, -0.2) is 37.1 Å². The van der Waals surface area contributed by atoms with Gasteiger partial charge in [0.25, 0.3) is 0 Å². The molecule has 2 atom stereocenters. The van der Waals surface area contributed by atoms with Crippen molar-refractivity contribution in [1.82, 2.24) is 0 Å². The summed E-state index contributed by atoms with van der Waals surface area (Å²) in [6, 6.07) is 0. The first-order valence-electron chi connectivity index (χ1n) is 4.70. The summed E-state index contributed by atoms with van der Waals surface area (Å²) in [5.74, 6) is 0. The number of ether oxygens (including phenoxy) is 2. The van der Waals surface area contributed by atoms with Gasteiger partial charge in [-0.2, -0.15) is 0 Å². The minimum Gasteiger partial charge on any atom is -0.391 e. The highest BCUT2D eigenvalue weighted by atomic mass is 16.5. The Hall–Kier alpha value is -0.120. The smallest absolute Gasteiger partial charge is 0.0831 e. The van der Waals surface area contributed by atoms with Gasteiger partial charge in [-0.3, -0.25) is 0 Å². The fourth-order valence-corrected chi connectivity index (χ4v) is 1.31. The van der Waals surface area contributed by atoms with Crippen LogP contribution >= 0.6 is 0 Å². The molecule has 1 aliphatic rings. The third-order valence-corrected chi connectivity index (χ3v) is 2.03. The van der Waals surface area contributed by atoms with Crippen LogP contribution in [0.15, 0.2) is 0 Å². The maximum Gasteiger partial charge on any atom is 0.0831 e. The molecule has 72 valence electrons. The van der Waals surface area contributed by atoms with Gasteiger partial charge in [0.15, 0.2) is 0 Å². The van der Waals surface area contributed by atoms with E-state index in [1.54, 1.807) is 0 Å². The van der Waals surface area contributed by atoms with Crippen LogP contribution in [0.5, 0.6) is 0 Å². The van der Waals surface area contributed by atoms with Gasteiger partial charge in [-0.15, -0.1) is 0 Å². The number of rotatable bonds is 5. The Balaban J connectivity index is 1.99. The van der Waals surface area contributed by atoms with Crippen LogP contribution in [-0.2, 0) is 9.47 Å². The van der Waals surface area contributed by atoms with Crippen molar-refractivity contribution in [3.8, 4) is 0 Å². The summed E-state index contributed by atoms with van der Waals surface area (Å²) in [6.45, 7) is 4.01. The molecule has 1 rings (SSSR count). The molecule has 1 N–H and O–H groups in total. The third kappa shape index (κ3) is 3.52. The zero-order valence-electron chi connectivity index (χ0n) is 7.66. The molecular formula is C9H18O3. The van der Waals surface area contributed by atoms with Crippen LogP contribution in [0, 0.1) is 0 Å². The summed E-state index contributed by atoms with van der Waals surface area (Å²) < 4.78 is 10.6. The van der Waals surface area contributed by atoms with Crippen molar-refractivity contribution < 1.29 is 14.6 Å². The highest BCUT2D eigenvalue weighted by molar-refractivity contribution is 4.64. The van der Waals surface area contributed by atoms with E-state index in [1.165, 1.54) is 0 Å². The molecule has 3 heteroatoms. The van der Waals surface area contributed by atoms with E-state index in [-0.39, 0.29) is 12.2 Å². The summed E-state index contributed by atoms with van der Waals surface area (Å²) in [5.41, 5.74) is 0. The van der Waals surface area contributed by atoms with E-state index < -0.39 is 0 Å². The molecule has 0 aromatic carbocycles. The SMILES string of the molecule is CCCC(O)COC1CCOC1. The first-order valence-corrected chi connectivity index (χ1v) is 4.70. The van der Waals surface area contributed by atoms with Gasteiger partial charge in [0.05, 0.1) is 25.4 Å². The molecule has 2 unspecified atom stereocenters. The van der Waals surface area contributed by atoms with Crippen LogP contribution in [0.3, 0.4) is 0 Å². The first kappa shape index (κ1) is 9.96. The molecule has 1 aliphatic heterocycles. The molecule has 12 heavy (non-hydrogen) atoms. The fraction of sp³-hybridized carbons (Fsp3) is 1.00. The molecule has 1 heterocycles. The Bertz CT molecular complexity index is 110. The Labute approximate surface area is 73.7 Å². The van der Waals surface area contributed by atoms with E-state index in [9.17, 15) is 5.11 Å². The molecule has 0 aromatic rings. The second kappa shape index (κ2) is 5.51. The monoisotopic (exact) mass is 174 g/mol. The predicted octanol–water partition coefficient (Wildman–Crippen LogP) is 0.953. The Kier molecular flexibility index (Phi) is 4.58. The molecule has 0 saturated carbocycles. The fourth-order valence-electron chi connectivity index (χ4n) is 1.31. The van der Waals surface area contributed by atoms with Crippen LogP contribution in [0.25, 0.3) is 0 Å². The Morgan fingerprint density at radius 3 is 3.08 bits per heavy atom. The summed E-state index contributed by atoms with van der Waals surface area (Å²) in [4.78, 5) is 0. The lowest BCUT2D eigenvalue weighted by Gasteiger charge is -2.13. The van der Waals surface area contributed by atoms with Gasteiger partial charge in [-0.05, 0) is 12.8 Å². The van der Waals surface area contributed by atoms with Gasteiger partial charge < -0.3 is 14.6 Å². The van der Waals surface area contributed by atoms with Gasteiger partial charge in [-0.25, -0.2) is 0 Å². The molecular weight excluding hydrogens is 156 g/mol. The van der Waals surface area contributed by atoms with E-state index in [4.69, 9.17) is 9.47 Å². The maximum atomic E-state index is 9.34. The maximum absolute atomic E-state index is 9.34. The highest BCUT2D eigenvalue weighted by Crippen LogP contribution is 2.09. The minimum atomic E-state index is -0.296. The Morgan fingerprint density at radius 1 is 1.67 bits per heavy atom. The molecule has 3 nitrogen and oxygen atoms in total. The molecule has 1 fully saturated rings. The Morgan fingerprint density at radius 2 is 2.50 bits per heavy atom. The van der Waals surface area contributed by atoms with Crippen LogP contribution < -0.4 is 0 Å². The number of aliphatic hydroxyl groups excluding tert-OH is 1. The van der Waals surface area contributed by atoms with Gasteiger partial charge >= 0.3 is 0 Å². The van der Waals surface area contributed by atoms with Crippen LogP contribution in [0.4, 0.5) is 0 Å². The zero-order valence-corrected chi connectivity index (χ0v) is 7.66. The number of aliphatic hydroxyl groups is 1. The lowest BCUT2D eigenvalue weighted by Crippen LogP contribution is -2.21. The van der Waals surface area contributed by atoms with Crippen molar-refractivity contribution in [3.63, 3.8) is 0 Å². The third-order valence-electron chi connectivity index (χ3n) is 2.03. The van der Waals surface area contributed by atoms with E-state index in [1.807, 2.05) is 0 Å². The topological polar surface area (TPSA) is 38.7 Å². The van der Waals surface area contributed by atoms with E-state index in [2.05, 4.69) is 6.92 Å². The first-order chi connectivity index (χ1) is 5.83. The molecule has 0 bridgehead atoms. The molecule has 1 saturated heterocycles. The molecule has 0 amide bonds. The van der Waals surface area contributed by atoms with Gasteiger partial charge in [0, 0.05) is 6.61 Å². The van der Waals surface area contributed by atoms with Crippen molar-refractivity contribution in [3.05, 3.63) is 0 Å². The van der Waals surface area contributed by atoms with Gasteiger partial charge in [0.1, 0.15) is 0 Å². The standard InChI is InChI=1S/C9H18O3/c1-2-3-8(10)6-12-9-4-5-11-7-9/h8-10H,2-7H2,1H3. The lowest BCUT2D eigenvalue weighted by atomic mass is 10.2. The van der Waals surface area contributed by atoms with Crippen molar-refractivity contribution in [2.75, 3.05) is 19.8 Å². The zero-order chi connectivity index (χ0) is 8.81. The molecule has 0 radical (unpaired) electrons. The lowest BCUT2D eigenvalue weighted by molar-refractivity contribution is -0.0148. The summed E-state index contributed by atoms with van der Waals surface area (Å²) in [6.07, 6.45) is 2.73. The largest absolute Gasteiger partial charge is 0.391 e. The number of hydrogen-bond acceptors (Lipinski definition) is 3. The normalized spacial score (nSPS) is 26.0. The van der Waals surface area contributed by atoms with Crippen molar-refractivity contribution in [1.29, 1.82) is 0 Å². The quantitative estimate of drug-likeness (QED) is 0.674. The van der Waals surface area contributed by atoms with Gasteiger partial charge in [-0.1, -0.05) is 13.3 Å². The predicted molar refractivity (Wildman–Crippen MR) is 46.1 cm³/mol. The second-order valence-electron chi connectivity index (χ2n) is 3.26. The molecule has 0 aliphatic carbocycles. The second-order valence-corrected chi connectivity index (χ2v) is 3.26. The summed E-state index contributed by atoms with van der Waals surface area (Å²) >= 11 is 0. The summed E-state index contributed by atoms with van der Waals surface area (Å²) in [5, 5.41) is 9.34. The minimum absolute atomic E-state index is 0.219. The molecule has 0 spiro atoms. The van der Waals surface area contributed by atoms with Gasteiger partial charge in [0.2, 0.25) is 0 Å².